The van der Waals surface area contributed by atoms with Gasteiger partial charge in [-0.15, -0.1) is 0 Å². The lowest BCUT2D eigenvalue weighted by Crippen LogP contribution is -2.49. The van der Waals surface area contributed by atoms with E-state index in [4.69, 9.17) is 16.6 Å². The number of amides is 1. The third-order valence-corrected chi connectivity index (χ3v) is 8.55. The van der Waals surface area contributed by atoms with Crippen molar-refractivity contribution in [2.45, 2.75) is 13.0 Å². The first-order valence-corrected chi connectivity index (χ1v) is 14.7. The SMILES string of the molecule is CN1C=C(C(=O)N2CCN(Cc3c(-c4ccc(Cl)cc4)nc4ccc(N(C)S(C)(=O)=O)cn34)CC2)CCN1. The van der Waals surface area contributed by atoms with Crippen molar-refractivity contribution in [2.24, 2.45) is 0 Å². The Kier molecular flexibility index (Phi) is 7.36. The van der Waals surface area contributed by atoms with E-state index in [0.29, 0.717) is 30.3 Å². The summed E-state index contributed by atoms with van der Waals surface area (Å²) in [5.41, 5.74) is 8.00. The largest absolute Gasteiger partial charge is 0.336 e. The molecule has 0 spiro atoms. The number of nitrogens with one attached hydrogen (secondary N) is 1. The molecule has 1 fully saturated rings. The predicted octanol–water partition coefficient (Wildman–Crippen LogP) is 2.42. The number of sulfonamides is 1. The molecule has 2 aliphatic heterocycles. The number of nitrogens with zero attached hydrogens (tertiary/aromatic N) is 6. The smallest absolute Gasteiger partial charge is 0.251 e. The highest BCUT2D eigenvalue weighted by Crippen LogP contribution is 2.29. The van der Waals surface area contributed by atoms with Gasteiger partial charge in [0, 0.05) is 81.9 Å². The monoisotopic (exact) mass is 557 g/mol. The van der Waals surface area contributed by atoms with Crippen molar-refractivity contribution in [3.63, 3.8) is 0 Å². The second kappa shape index (κ2) is 10.6. The lowest BCUT2D eigenvalue weighted by atomic mass is 10.1. The summed E-state index contributed by atoms with van der Waals surface area (Å²) in [4.78, 5) is 22.2. The first kappa shape index (κ1) is 26.5. The number of carbonyl (C=O) groups is 1. The third-order valence-electron chi connectivity index (χ3n) is 7.09. The van der Waals surface area contributed by atoms with Crippen molar-refractivity contribution < 1.29 is 13.2 Å². The van der Waals surface area contributed by atoms with E-state index in [1.807, 2.05) is 64.1 Å². The second-order valence-corrected chi connectivity index (χ2v) is 12.2. The van der Waals surface area contributed by atoms with E-state index in [9.17, 15) is 13.2 Å². The lowest BCUT2D eigenvalue weighted by molar-refractivity contribution is -0.129. The summed E-state index contributed by atoms with van der Waals surface area (Å²) in [6.07, 6.45) is 5.60. The van der Waals surface area contributed by atoms with E-state index in [-0.39, 0.29) is 5.91 Å². The van der Waals surface area contributed by atoms with Crippen molar-refractivity contribution in [3.8, 4) is 11.3 Å². The van der Waals surface area contributed by atoms with Gasteiger partial charge >= 0.3 is 0 Å². The highest BCUT2D eigenvalue weighted by molar-refractivity contribution is 7.92. The minimum Gasteiger partial charge on any atom is -0.336 e. The van der Waals surface area contributed by atoms with Crippen LogP contribution in [0.3, 0.4) is 0 Å². The molecule has 10 nitrogen and oxygen atoms in total. The van der Waals surface area contributed by atoms with Crippen LogP contribution in [0.2, 0.25) is 5.02 Å². The van der Waals surface area contributed by atoms with Gasteiger partial charge in [0.05, 0.1) is 23.3 Å². The van der Waals surface area contributed by atoms with Crippen LogP contribution in [0.15, 0.2) is 54.4 Å². The molecule has 38 heavy (non-hydrogen) atoms. The fourth-order valence-electron chi connectivity index (χ4n) is 4.85. The Labute approximate surface area is 228 Å². The number of carbonyl (C=O) groups excluding carboxylic acids is 1. The van der Waals surface area contributed by atoms with E-state index in [0.717, 1.165) is 54.2 Å². The van der Waals surface area contributed by atoms with E-state index in [1.54, 1.807) is 13.1 Å². The number of piperazine rings is 1. The van der Waals surface area contributed by atoms with Gasteiger partial charge in [-0.1, -0.05) is 23.7 Å². The summed E-state index contributed by atoms with van der Waals surface area (Å²) < 4.78 is 27.6. The molecule has 4 heterocycles. The molecule has 0 radical (unpaired) electrons. The zero-order valence-electron chi connectivity index (χ0n) is 21.8. The Morgan fingerprint density at radius 1 is 1.11 bits per heavy atom. The first-order chi connectivity index (χ1) is 18.1. The van der Waals surface area contributed by atoms with Crippen molar-refractivity contribution in [2.75, 3.05) is 57.4 Å². The number of rotatable bonds is 6. The summed E-state index contributed by atoms with van der Waals surface area (Å²) in [6.45, 7) is 4.09. The molecule has 1 aromatic carbocycles. The van der Waals surface area contributed by atoms with Crippen LogP contribution in [0.5, 0.6) is 0 Å². The number of fused-ring (bicyclic) bond motifs is 1. The van der Waals surface area contributed by atoms with Gasteiger partial charge in [-0.3, -0.25) is 18.4 Å². The number of anilines is 1. The van der Waals surface area contributed by atoms with Gasteiger partial charge in [-0.25, -0.2) is 18.8 Å². The van der Waals surface area contributed by atoms with Crippen molar-refractivity contribution >= 4 is 38.9 Å². The maximum atomic E-state index is 13.1. The van der Waals surface area contributed by atoms with E-state index < -0.39 is 10.0 Å². The number of imidazole rings is 1. The van der Waals surface area contributed by atoms with Crippen LogP contribution in [0, 0.1) is 0 Å². The van der Waals surface area contributed by atoms with Crippen molar-refractivity contribution in [1.82, 2.24) is 29.6 Å². The summed E-state index contributed by atoms with van der Waals surface area (Å²) in [6, 6.07) is 11.2. The van der Waals surface area contributed by atoms with Crippen LogP contribution in [0.25, 0.3) is 16.9 Å². The van der Waals surface area contributed by atoms with E-state index >= 15 is 0 Å². The number of hydrogen-bond donors (Lipinski definition) is 1. The van der Waals surface area contributed by atoms with Gasteiger partial charge in [-0.2, -0.15) is 0 Å². The molecule has 5 rings (SSSR count). The number of halogens is 1. The van der Waals surface area contributed by atoms with Gasteiger partial charge in [0.1, 0.15) is 5.65 Å². The Morgan fingerprint density at radius 3 is 2.47 bits per heavy atom. The number of pyridine rings is 1. The number of aromatic nitrogens is 2. The highest BCUT2D eigenvalue weighted by atomic mass is 35.5. The standard InChI is InChI=1S/C26H32ClN7O3S/c1-30-16-20(10-11-28-30)26(35)33-14-12-32(13-15-33)18-23-25(19-4-6-21(27)7-5-19)29-24-9-8-22(17-34(23)24)31(2)38(3,36)37/h4-9,16-17,28H,10-15,18H2,1-3H3. The minimum atomic E-state index is -3.42. The molecule has 1 saturated heterocycles. The number of hydrogen-bond acceptors (Lipinski definition) is 7. The highest BCUT2D eigenvalue weighted by Gasteiger charge is 2.27. The second-order valence-electron chi connectivity index (χ2n) is 9.75. The third kappa shape index (κ3) is 5.51. The lowest BCUT2D eigenvalue weighted by Gasteiger charge is -2.36. The fraction of sp³-hybridized carbons (Fsp3) is 0.385. The summed E-state index contributed by atoms with van der Waals surface area (Å²) >= 11 is 6.14. The molecule has 202 valence electrons. The van der Waals surface area contributed by atoms with Gasteiger partial charge in [-0.05, 0) is 30.7 Å². The summed E-state index contributed by atoms with van der Waals surface area (Å²) in [7, 11) is 0.0248. The maximum absolute atomic E-state index is 13.1. The topological polar surface area (TPSA) is 93.5 Å². The number of hydrazine groups is 1. The van der Waals surface area contributed by atoms with Crippen LogP contribution in [-0.4, -0.2) is 91.6 Å². The molecule has 2 aromatic heterocycles. The molecule has 0 saturated carbocycles. The number of benzene rings is 1. The van der Waals surface area contributed by atoms with Gasteiger partial charge < -0.3 is 9.91 Å². The maximum Gasteiger partial charge on any atom is 0.251 e. The Morgan fingerprint density at radius 2 is 1.82 bits per heavy atom. The van der Waals surface area contributed by atoms with Crippen molar-refractivity contribution in [3.05, 3.63) is 65.1 Å². The van der Waals surface area contributed by atoms with E-state index in [1.165, 1.54) is 10.6 Å². The van der Waals surface area contributed by atoms with Crippen LogP contribution < -0.4 is 9.73 Å². The van der Waals surface area contributed by atoms with Crippen molar-refractivity contribution in [1.29, 1.82) is 0 Å². The first-order valence-electron chi connectivity index (χ1n) is 12.5. The van der Waals surface area contributed by atoms with Crippen LogP contribution >= 0.6 is 11.6 Å². The molecule has 0 unspecified atom stereocenters. The molecule has 3 aromatic rings. The average molecular weight is 558 g/mol. The molecule has 0 bridgehead atoms. The van der Waals surface area contributed by atoms with Gasteiger partial charge in [0.2, 0.25) is 10.0 Å². The minimum absolute atomic E-state index is 0.100. The molecule has 2 aliphatic rings. The van der Waals surface area contributed by atoms with Gasteiger partial charge in [0.25, 0.3) is 5.91 Å². The molecule has 12 heteroatoms. The van der Waals surface area contributed by atoms with Crippen LogP contribution in [0.4, 0.5) is 5.69 Å². The molecular weight excluding hydrogens is 526 g/mol. The average Bonchev–Trinajstić information content (AvgIpc) is 3.25. The Bertz CT molecular complexity index is 1480. The van der Waals surface area contributed by atoms with Crippen LogP contribution in [-0.2, 0) is 21.4 Å². The quantitative estimate of drug-likeness (QED) is 0.497. The summed E-state index contributed by atoms with van der Waals surface area (Å²) in [5.74, 6) is 0.100. The van der Waals surface area contributed by atoms with Gasteiger partial charge in [0.15, 0.2) is 0 Å². The normalized spacial score (nSPS) is 17.1. The Balaban J connectivity index is 1.42. The molecule has 0 atom stereocenters. The zero-order valence-corrected chi connectivity index (χ0v) is 23.3. The van der Waals surface area contributed by atoms with Crippen LogP contribution in [0.1, 0.15) is 12.1 Å². The molecular formula is C26H32ClN7O3S. The summed E-state index contributed by atoms with van der Waals surface area (Å²) in [5, 5.41) is 2.48. The Hall–Kier alpha value is -3.12. The zero-order chi connectivity index (χ0) is 27.0. The van der Waals surface area contributed by atoms with E-state index in [2.05, 4.69) is 10.3 Å². The molecule has 0 aliphatic carbocycles. The molecule has 1 amide bonds. The molecule has 1 N–H and O–H groups in total. The predicted molar refractivity (Wildman–Crippen MR) is 149 cm³/mol. The fourth-order valence-corrected chi connectivity index (χ4v) is 5.46.